The number of aliphatic imine (C=N–C) groups is 1. The minimum atomic E-state index is -0.0718. The van der Waals surface area contributed by atoms with E-state index < -0.39 is 0 Å². The highest BCUT2D eigenvalue weighted by molar-refractivity contribution is 6.15. The molecule has 2 aromatic carbocycles. The molecule has 1 saturated heterocycles. The zero-order valence-corrected chi connectivity index (χ0v) is 21.3. The number of carbonyl (C=O) groups excluding carboxylic acids is 1. The molecular formula is C28H37N3O4. The molecule has 7 heteroatoms. The van der Waals surface area contributed by atoms with Crippen molar-refractivity contribution >= 4 is 11.6 Å². The Morgan fingerprint density at radius 2 is 1.94 bits per heavy atom. The number of carbonyl (C=O) groups is 1. The van der Waals surface area contributed by atoms with Crippen LogP contribution in [0.1, 0.15) is 59.7 Å². The maximum Gasteiger partial charge on any atom is 0.251 e. The van der Waals surface area contributed by atoms with E-state index in [1.54, 1.807) is 7.11 Å². The predicted octanol–water partition coefficient (Wildman–Crippen LogP) is 3.89. The van der Waals surface area contributed by atoms with Gasteiger partial charge in [-0.3, -0.25) is 9.79 Å². The number of piperidine rings is 1. The minimum absolute atomic E-state index is 0.0718. The van der Waals surface area contributed by atoms with E-state index in [0.29, 0.717) is 43.6 Å². The first-order valence-electron chi connectivity index (χ1n) is 12.6. The van der Waals surface area contributed by atoms with Gasteiger partial charge < -0.3 is 24.4 Å². The first kappa shape index (κ1) is 25.2. The van der Waals surface area contributed by atoms with Gasteiger partial charge in [-0.15, -0.1) is 0 Å². The second-order valence-corrected chi connectivity index (χ2v) is 9.11. The molecule has 0 bridgehead atoms. The number of nitrogens with zero attached hydrogens (tertiary/aromatic N) is 2. The number of amides is 1. The summed E-state index contributed by atoms with van der Waals surface area (Å²) in [4.78, 5) is 20.2. The maximum atomic E-state index is 12.5. The van der Waals surface area contributed by atoms with Crippen molar-refractivity contribution < 1.29 is 19.0 Å². The molecule has 2 atom stereocenters. The molecule has 0 saturated carbocycles. The fourth-order valence-corrected chi connectivity index (χ4v) is 4.95. The lowest BCUT2D eigenvalue weighted by molar-refractivity contribution is 0.0944. The molecule has 188 valence electrons. The van der Waals surface area contributed by atoms with Crippen molar-refractivity contribution in [2.75, 3.05) is 53.6 Å². The van der Waals surface area contributed by atoms with E-state index >= 15 is 0 Å². The fourth-order valence-electron chi connectivity index (χ4n) is 4.95. The first-order valence-corrected chi connectivity index (χ1v) is 12.6. The largest absolute Gasteiger partial charge is 0.493 e. The van der Waals surface area contributed by atoms with Gasteiger partial charge in [-0.25, -0.2) is 0 Å². The van der Waals surface area contributed by atoms with Gasteiger partial charge in [0.2, 0.25) is 0 Å². The monoisotopic (exact) mass is 479 g/mol. The van der Waals surface area contributed by atoms with Gasteiger partial charge in [-0.1, -0.05) is 12.1 Å². The van der Waals surface area contributed by atoms with Gasteiger partial charge in [-0.05, 0) is 70.1 Å². The van der Waals surface area contributed by atoms with Crippen LogP contribution in [-0.4, -0.2) is 76.2 Å². The molecule has 7 nitrogen and oxygen atoms in total. The van der Waals surface area contributed by atoms with E-state index in [1.807, 2.05) is 38.1 Å². The number of benzene rings is 2. The molecule has 1 N–H and O–H groups in total. The summed E-state index contributed by atoms with van der Waals surface area (Å²) in [5.74, 6) is 1.74. The lowest BCUT2D eigenvalue weighted by atomic mass is 9.79. The van der Waals surface area contributed by atoms with Crippen molar-refractivity contribution in [3.63, 3.8) is 0 Å². The molecule has 35 heavy (non-hydrogen) atoms. The van der Waals surface area contributed by atoms with Crippen LogP contribution in [0.5, 0.6) is 11.5 Å². The standard InChI is InChI=1S/C28H37N3O4/c1-5-34-15-7-13-29-28(32)20-10-8-19(9-11-20)27-22-17-25(33-4)26(35-6-2)16-21(22)23-18-31(3)14-12-24(23)30-27/h8-11,16-17,23-24H,5-7,12-15,18H2,1-4H3,(H,29,32)/t23-,24-/m1/s1. The summed E-state index contributed by atoms with van der Waals surface area (Å²) in [5, 5.41) is 2.96. The average Bonchev–Trinajstić information content (AvgIpc) is 2.88. The van der Waals surface area contributed by atoms with Crippen molar-refractivity contribution in [2.24, 2.45) is 4.99 Å². The van der Waals surface area contributed by atoms with Crippen LogP contribution in [0, 0.1) is 0 Å². The van der Waals surface area contributed by atoms with Crippen LogP contribution >= 0.6 is 0 Å². The summed E-state index contributed by atoms with van der Waals surface area (Å²) >= 11 is 0. The van der Waals surface area contributed by atoms with Crippen LogP contribution in [0.25, 0.3) is 0 Å². The maximum absolute atomic E-state index is 12.5. The van der Waals surface area contributed by atoms with E-state index in [4.69, 9.17) is 19.2 Å². The third-order valence-electron chi connectivity index (χ3n) is 6.74. The van der Waals surface area contributed by atoms with E-state index in [1.165, 1.54) is 5.56 Å². The van der Waals surface area contributed by atoms with Crippen LogP contribution in [0.15, 0.2) is 41.4 Å². The van der Waals surface area contributed by atoms with Gasteiger partial charge >= 0.3 is 0 Å². The number of rotatable bonds is 10. The number of methoxy groups -OCH3 is 1. The Balaban J connectivity index is 1.61. The van der Waals surface area contributed by atoms with Gasteiger partial charge in [0, 0.05) is 48.9 Å². The van der Waals surface area contributed by atoms with E-state index in [9.17, 15) is 4.79 Å². The number of ether oxygens (including phenoxy) is 3. The molecule has 0 aromatic heterocycles. The number of likely N-dealkylation sites (tertiary alicyclic amines) is 1. The summed E-state index contributed by atoms with van der Waals surface area (Å²) in [6.07, 6.45) is 1.82. The fraction of sp³-hybridized carbons (Fsp3) is 0.500. The third kappa shape index (κ3) is 5.68. The Labute approximate surface area is 208 Å². The SMILES string of the molecule is CCOCCCNC(=O)c1ccc(C2=N[C@@H]3CCN(C)C[C@@H]3c3cc(OCC)c(OC)cc32)cc1. The summed E-state index contributed by atoms with van der Waals surface area (Å²) in [5.41, 5.74) is 4.93. The normalized spacial score (nSPS) is 19.4. The van der Waals surface area contributed by atoms with Gasteiger partial charge in [-0.2, -0.15) is 0 Å². The summed E-state index contributed by atoms with van der Waals surface area (Å²) < 4.78 is 16.9. The van der Waals surface area contributed by atoms with Crippen LogP contribution in [0.2, 0.25) is 0 Å². The smallest absolute Gasteiger partial charge is 0.251 e. The van der Waals surface area contributed by atoms with Crippen LogP contribution in [0.3, 0.4) is 0 Å². The van der Waals surface area contributed by atoms with Gasteiger partial charge in [0.05, 0.1) is 25.5 Å². The first-order chi connectivity index (χ1) is 17.0. The molecule has 1 amide bonds. The van der Waals surface area contributed by atoms with E-state index in [0.717, 1.165) is 48.5 Å². The molecule has 0 unspecified atom stereocenters. The molecular weight excluding hydrogens is 442 g/mol. The molecule has 1 fully saturated rings. The predicted molar refractivity (Wildman–Crippen MR) is 138 cm³/mol. The highest BCUT2D eigenvalue weighted by Gasteiger charge is 2.36. The highest BCUT2D eigenvalue weighted by atomic mass is 16.5. The van der Waals surface area contributed by atoms with Crippen molar-refractivity contribution in [3.8, 4) is 11.5 Å². The molecule has 2 aliphatic rings. The lowest BCUT2D eigenvalue weighted by Crippen LogP contribution is -2.41. The van der Waals surface area contributed by atoms with Crippen LogP contribution < -0.4 is 14.8 Å². The zero-order chi connectivity index (χ0) is 24.8. The van der Waals surface area contributed by atoms with Crippen molar-refractivity contribution in [1.82, 2.24) is 10.2 Å². The summed E-state index contributed by atoms with van der Waals surface area (Å²) in [6.45, 7) is 8.48. The number of likely N-dealkylation sites (N-methyl/N-ethyl adjacent to an activating group) is 1. The zero-order valence-electron chi connectivity index (χ0n) is 21.3. The Morgan fingerprint density at radius 1 is 1.14 bits per heavy atom. The number of fused-ring (bicyclic) bond motifs is 3. The minimum Gasteiger partial charge on any atom is -0.493 e. The van der Waals surface area contributed by atoms with Gasteiger partial charge in [0.1, 0.15) is 0 Å². The summed E-state index contributed by atoms with van der Waals surface area (Å²) in [7, 11) is 3.84. The highest BCUT2D eigenvalue weighted by Crippen LogP contribution is 2.42. The molecule has 2 aromatic rings. The second kappa shape index (κ2) is 11.7. The molecule has 2 aliphatic heterocycles. The number of hydrogen-bond acceptors (Lipinski definition) is 6. The van der Waals surface area contributed by atoms with Crippen LogP contribution in [-0.2, 0) is 4.74 Å². The average molecular weight is 480 g/mol. The molecule has 4 rings (SSSR count). The molecule has 0 aliphatic carbocycles. The Hall–Kier alpha value is -2.90. The van der Waals surface area contributed by atoms with Crippen molar-refractivity contribution in [3.05, 3.63) is 58.7 Å². The lowest BCUT2D eigenvalue weighted by Gasteiger charge is -2.39. The number of hydrogen-bond donors (Lipinski definition) is 1. The molecule has 2 heterocycles. The van der Waals surface area contributed by atoms with Gasteiger partial charge in [0.15, 0.2) is 11.5 Å². The Kier molecular flexibility index (Phi) is 8.42. The number of nitrogens with one attached hydrogen (secondary N) is 1. The Morgan fingerprint density at radius 3 is 2.66 bits per heavy atom. The van der Waals surface area contributed by atoms with E-state index in [2.05, 4.69) is 29.4 Å². The quantitative estimate of drug-likeness (QED) is 0.524. The molecule has 0 radical (unpaired) electrons. The second-order valence-electron chi connectivity index (χ2n) is 9.11. The van der Waals surface area contributed by atoms with Crippen molar-refractivity contribution in [2.45, 2.75) is 38.6 Å². The van der Waals surface area contributed by atoms with E-state index in [-0.39, 0.29) is 11.9 Å². The van der Waals surface area contributed by atoms with Gasteiger partial charge in [0.25, 0.3) is 5.91 Å². The Bertz CT molecular complexity index is 1050. The van der Waals surface area contributed by atoms with Crippen LogP contribution in [0.4, 0.5) is 0 Å². The topological polar surface area (TPSA) is 72.4 Å². The molecule has 0 spiro atoms. The third-order valence-corrected chi connectivity index (χ3v) is 6.74. The van der Waals surface area contributed by atoms with Crippen molar-refractivity contribution in [1.29, 1.82) is 0 Å². The summed E-state index contributed by atoms with van der Waals surface area (Å²) in [6, 6.07) is 12.2.